The lowest BCUT2D eigenvalue weighted by atomic mass is 10.1. The van der Waals surface area contributed by atoms with Gasteiger partial charge in [0, 0.05) is 32.3 Å². The maximum atomic E-state index is 5.70. The molecule has 18 heavy (non-hydrogen) atoms. The van der Waals surface area contributed by atoms with E-state index in [0.29, 0.717) is 12.1 Å². The first kappa shape index (κ1) is 15.9. The van der Waals surface area contributed by atoms with E-state index in [1.165, 1.54) is 25.8 Å². The molecule has 0 amide bonds. The van der Waals surface area contributed by atoms with Crippen LogP contribution in [0.5, 0.6) is 0 Å². The van der Waals surface area contributed by atoms with Crippen molar-refractivity contribution < 1.29 is 4.74 Å². The van der Waals surface area contributed by atoms with Crippen LogP contribution >= 0.6 is 0 Å². The molecule has 0 aliphatic carbocycles. The van der Waals surface area contributed by atoms with Crippen LogP contribution < -0.4 is 5.32 Å². The molecular formula is C15H32N2O. The van der Waals surface area contributed by atoms with Gasteiger partial charge in [-0.15, -0.1) is 0 Å². The second-order valence-corrected chi connectivity index (χ2v) is 5.70. The van der Waals surface area contributed by atoms with Gasteiger partial charge in [0.05, 0.1) is 6.10 Å². The molecule has 1 aliphatic heterocycles. The predicted molar refractivity (Wildman–Crippen MR) is 78.0 cm³/mol. The quantitative estimate of drug-likeness (QED) is 0.686. The van der Waals surface area contributed by atoms with Gasteiger partial charge in [-0.1, -0.05) is 27.2 Å². The van der Waals surface area contributed by atoms with Crippen LogP contribution in [0, 0.1) is 5.92 Å². The minimum absolute atomic E-state index is 0.439. The average molecular weight is 256 g/mol. The first-order valence-corrected chi connectivity index (χ1v) is 7.74. The molecule has 3 heteroatoms. The van der Waals surface area contributed by atoms with Crippen molar-refractivity contribution in [3.63, 3.8) is 0 Å². The molecule has 0 radical (unpaired) electrons. The van der Waals surface area contributed by atoms with Crippen molar-refractivity contribution in [1.29, 1.82) is 0 Å². The van der Waals surface area contributed by atoms with E-state index in [9.17, 15) is 0 Å². The summed E-state index contributed by atoms with van der Waals surface area (Å²) in [5.74, 6) is 0.806. The number of hydrogen-bond donors (Lipinski definition) is 1. The predicted octanol–water partition coefficient (Wildman–Crippen LogP) is 2.51. The Morgan fingerprint density at radius 2 is 2.11 bits per heavy atom. The molecule has 0 spiro atoms. The van der Waals surface area contributed by atoms with Crippen molar-refractivity contribution in [1.82, 2.24) is 10.2 Å². The summed E-state index contributed by atoms with van der Waals surface area (Å²) in [7, 11) is 0. The fourth-order valence-corrected chi connectivity index (χ4v) is 2.53. The summed E-state index contributed by atoms with van der Waals surface area (Å²) >= 11 is 0. The monoisotopic (exact) mass is 256 g/mol. The van der Waals surface area contributed by atoms with E-state index in [-0.39, 0.29) is 0 Å². The van der Waals surface area contributed by atoms with Crippen molar-refractivity contribution in [2.45, 2.75) is 59.1 Å². The third-order valence-corrected chi connectivity index (χ3v) is 4.13. The Bertz CT molecular complexity index is 205. The lowest BCUT2D eigenvalue weighted by Gasteiger charge is -2.26. The molecule has 3 nitrogen and oxygen atoms in total. The lowest BCUT2D eigenvalue weighted by Crippen LogP contribution is -2.42. The highest BCUT2D eigenvalue weighted by molar-refractivity contribution is 4.77. The summed E-state index contributed by atoms with van der Waals surface area (Å²) in [6.45, 7) is 14.7. The van der Waals surface area contributed by atoms with E-state index in [0.717, 1.165) is 32.2 Å². The Balaban J connectivity index is 2.13. The van der Waals surface area contributed by atoms with E-state index in [1.807, 2.05) is 0 Å². The van der Waals surface area contributed by atoms with Crippen LogP contribution in [0.25, 0.3) is 0 Å². The van der Waals surface area contributed by atoms with Crippen molar-refractivity contribution in [3.8, 4) is 0 Å². The molecule has 0 aromatic carbocycles. The molecule has 108 valence electrons. The SMILES string of the molecule is CCC(C)CN(CC)CCNC(C)C1CCCO1. The van der Waals surface area contributed by atoms with E-state index in [4.69, 9.17) is 4.74 Å². The zero-order valence-electron chi connectivity index (χ0n) is 12.7. The normalized spacial score (nSPS) is 23.5. The Labute approximate surface area is 113 Å². The fraction of sp³-hybridized carbons (Fsp3) is 1.00. The number of hydrogen-bond acceptors (Lipinski definition) is 3. The number of nitrogens with zero attached hydrogens (tertiary/aromatic N) is 1. The van der Waals surface area contributed by atoms with Crippen LogP contribution in [0.15, 0.2) is 0 Å². The summed E-state index contributed by atoms with van der Waals surface area (Å²) < 4.78 is 5.70. The van der Waals surface area contributed by atoms with E-state index >= 15 is 0 Å². The molecule has 0 saturated carbocycles. The third kappa shape index (κ3) is 5.68. The lowest BCUT2D eigenvalue weighted by molar-refractivity contribution is 0.0825. The largest absolute Gasteiger partial charge is 0.377 e. The van der Waals surface area contributed by atoms with Gasteiger partial charge in [0.1, 0.15) is 0 Å². The second-order valence-electron chi connectivity index (χ2n) is 5.70. The highest BCUT2D eigenvalue weighted by atomic mass is 16.5. The molecular weight excluding hydrogens is 224 g/mol. The van der Waals surface area contributed by atoms with Gasteiger partial charge in [0.15, 0.2) is 0 Å². The number of rotatable bonds is 9. The van der Waals surface area contributed by atoms with Crippen LogP contribution in [-0.2, 0) is 4.74 Å². The molecule has 0 bridgehead atoms. The van der Waals surface area contributed by atoms with E-state index in [2.05, 4.69) is 37.9 Å². The summed E-state index contributed by atoms with van der Waals surface area (Å²) in [6, 6.07) is 0.495. The molecule has 1 aliphatic rings. The minimum atomic E-state index is 0.439. The Kier molecular flexibility index (Phi) is 7.87. The highest BCUT2D eigenvalue weighted by Gasteiger charge is 2.21. The van der Waals surface area contributed by atoms with Crippen LogP contribution in [0.4, 0.5) is 0 Å². The molecule has 1 N–H and O–H groups in total. The van der Waals surface area contributed by atoms with E-state index < -0.39 is 0 Å². The molecule has 1 fully saturated rings. The van der Waals surface area contributed by atoms with Crippen LogP contribution in [0.2, 0.25) is 0 Å². The Hall–Kier alpha value is -0.120. The van der Waals surface area contributed by atoms with Gasteiger partial charge < -0.3 is 15.0 Å². The molecule has 1 saturated heterocycles. The maximum Gasteiger partial charge on any atom is 0.0726 e. The van der Waals surface area contributed by atoms with Crippen molar-refractivity contribution in [3.05, 3.63) is 0 Å². The van der Waals surface area contributed by atoms with Gasteiger partial charge in [-0.3, -0.25) is 0 Å². The minimum Gasteiger partial charge on any atom is -0.377 e. The molecule has 1 rings (SSSR count). The standard InChI is InChI=1S/C15H32N2O/c1-5-13(3)12-17(6-2)10-9-16-14(4)15-8-7-11-18-15/h13-16H,5-12H2,1-4H3. The molecule has 3 unspecified atom stereocenters. The zero-order valence-corrected chi connectivity index (χ0v) is 12.7. The van der Waals surface area contributed by atoms with Crippen LogP contribution in [0.1, 0.15) is 47.0 Å². The highest BCUT2D eigenvalue weighted by Crippen LogP contribution is 2.15. The Morgan fingerprint density at radius 1 is 1.33 bits per heavy atom. The fourth-order valence-electron chi connectivity index (χ4n) is 2.53. The molecule has 0 aromatic rings. The van der Waals surface area contributed by atoms with Gasteiger partial charge in [-0.05, 0) is 32.2 Å². The van der Waals surface area contributed by atoms with Crippen LogP contribution in [-0.4, -0.2) is 49.8 Å². The number of nitrogens with one attached hydrogen (secondary N) is 1. The number of ether oxygens (including phenoxy) is 1. The summed E-state index contributed by atoms with van der Waals surface area (Å²) in [4.78, 5) is 2.55. The van der Waals surface area contributed by atoms with Gasteiger partial charge in [0.2, 0.25) is 0 Å². The van der Waals surface area contributed by atoms with Gasteiger partial charge in [-0.2, -0.15) is 0 Å². The smallest absolute Gasteiger partial charge is 0.0726 e. The Morgan fingerprint density at radius 3 is 2.67 bits per heavy atom. The first-order valence-electron chi connectivity index (χ1n) is 7.74. The third-order valence-electron chi connectivity index (χ3n) is 4.13. The summed E-state index contributed by atoms with van der Waals surface area (Å²) in [6.07, 6.45) is 4.16. The summed E-state index contributed by atoms with van der Waals surface area (Å²) in [5.41, 5.74) is 0. The van der Waals surface area contributed by atoms with Gasteiger partial charge in [0.25, 0.3) is 0 Å². The molecule has 0 aromatic heterocycles. The number of likely N-dealkylation sites (N-methyl/N-ethyl adjacent to an activating group) is 1. The molecule has 1 heterocycles. The second kappa shape index (κ2) is 8.89. The van der Waals surface area contributed by atoms with Crippen molar-refractivity contribution in [2.75, 3.05) is 32.8 Å². The van der Waals surface area contributed by atoms with Crippen molar-refractivity contribution in [2.24, 2.45) is 5.92 Å². The van der Waals surface area contributed by atoms with Crippen LogP contribution in [0.3, 0.4) is 0 Å². The van der Waals surface area contributed by atoms with Gasteiger partial charge in [-0.25, -0.2) is 0 Å². The first-order chi connectivity index (χ1) is 8.67. The topological polar surface area (TPSA) is 24.5 Å². The summed E-state index contributed by atoms with van der Waals surface area (Å²) in [5, 5.41) is 3.61. The average Bonchev–Trinajstić information content (AvgIpc) is 2.91. The van der Waals surface area contributed by atoms with E-state index in [1.54, 1.807) is 0 Å². The zero-order chi connectivity index (χ0) is 13.4. The maximum absolute atomic E-state index is 5.70. The van der Waals surface area contributed by atoms with Gasteiger partial charge >= 0.3 is 0 Å². The molecule has 3 atom stereocenters. The van der Waals surface area contributed by atoms with Crippen molar-refractivity contribution >= 4 is 0 Å².